The van der Waals surface area contributed by atoms with Crippen LogP contribution in [0, 0.1) is 5.92 Å². The number of allylic oxidation sites excluding steroid dienone is 2. The molecule has 0 aliphatic heterocycles. The number of hydrogen-bond acceptors (Lipinski definition) is 0. The van der Waals surface area contributed by atoms with Crippen LogP contribution in [-0.2, 0) is 0 Å². The second-order valence-electron chi connectivity index (χ2n) is 3.27. The highest BCUT2D eigenvalue weighted by atomic mass is 14.1. The lowest BCUT2D eigenvalue weighted by Gasteiger charge is -2.13. The smallest absolute Gasteiger partial charge is 0.0322 e. The van der Waals surface area contributed by atoms with Crippen LogP contribution in [0.15, 0.2) is 12.2 Å². The van der Waals surface area contributed by atoms with E-state index >= 15 is 0 Å². The lowest BCUT2D eigenvalue weighted by molar-refractivity contribution is 0.445. The highest BCUT2D eigenvalue weighted by Crippen LogP contribution is 2.20. The molecule has 0 nitrogen and oxygen atoms in total. The van der Waals surface area contributed by atoms with Crippen molar-refractivity contribution in [3.05, 3.63) is 12.2 Å². The SMILES string of the molecule is CCC1CC=CCCCC1. The molecule has 0 aromatic rings. The molecule has 0 spiro atoms. The predicted octanol–water partition coefficient (Wildman–Crippen LogP) is 3.53. The fraction of sp³-hybridized carbons (Fsp3) is 0.800. The second kappa shape index (κ2) is 4.54. The lowest BCUT2D eigenvalue weighted by atomic mass is 9.93. The van der Waals surface area contributed by atoms with Crippen molar-refractivity contribution >= 4 is 0 Å². The van der Waals surface area contributed by atoms with Crippen LogP contribution in [0.4, 0.5) is 0 Å². The summed E-state index contributed by atoms with van der Waals surface area (Å²) in [6.07, 6.45) is 13.0. The van der Waals surface area contributed by atoms with Crippen molar-refractivity contribution < 1.29 is 0 Å². The number of hydrogen-bond donors (Lipinski definition) is 0. The molecule has 1 aliphatic carbocycles. The van der Waals surface area contributed by atoms with Crippen LogP contribution in [0.3, 0.4) is 0 Å². The topological polar surface area (TPSA) is 0 Å². The predicted molar refractivity (Wildman–Crippen MR) is 46.0 cm³/mol. The molecule has 0 aromatic carbocycles. The molecule has 1 aliphatic rings. The molecule has 58 valence electrons. The Bertz CT molecular complexity index is 103. The number of rotatable bonds is 1. The maximum atomic E-state index is 2.37. The fourth-order valence-corrected chi connectivity index (χ4v) is 1.59. The van der Waals surface area contributed by atoms with Crippen molar-refractivity contribution in [3.63, 3.8) is 0 Å². The molecule has 0 radical (unpaired) electrons. The summed E-state index contributed by atoms with van der Waals surface area (Å²) in [6, 6.07) is 0. The van der Waals surface area contributed by atoms with E-state index in [1.165, 1.54) is 38.5 Å². The Morgan fingerprint density at radius 2 is 2.20 bits per heavy atom. The molecule has 1 atom stereocenters. The summed E-state index contributed by atoms with van der Waals surface area (Å²) in [5.41, 5.74) is 0. The largest absolute Gasteiger partial charge is 0.0885 e. The summed E-state index contributed by atoms with van der Waals surface area (Å²) < 4.78 is 0. The normalized spacial score (nSPS) is 27.5. The zero-order valence-electron chi connectivity index (χ0n) is 6.97. The van der Waals surface area contributed by atoms with E-state index in [1.54, 1.807) is 0 Å². The summed E-state index contributed by atoms with van der Waals surface area (Å²) in [5, 5.41) is 0. The third-order valence-corrected chi connectivity index (χ3v) is 2.45. The first kappa shape index (κ1) is 7.84. The third kappa shape index (κ3) is 2.55. The quantitative estimate of drug-likeness (QED) is 0.486. The van der Waals surface area contributed by atoms with Crippen molar-refractivity contribution in [2.24, 2.45) is 5.92 Å². The molecule has 1 rings (SSSR count). The molecule has 0 aromatic heterocycles. The van der Waals surface area contributed by atoms with Crippen molar-refractivity contribution in [2.45, 2.75) is 45.4 Å². The van der Waals surface area contributed by atoms with Crippen LogP contribution >= 0.6 is 0 Å². The fourth-order valence-electron chi connectivity index (χ4n) is 1.59. The Labute approximate surface area is 64.3 Å². The van der Waals surface area contributed by atoms with Gasteiger partial charge in [0, 0.05) is 0 Å². The van der Waals surface area contributed by atoms with Gasteiger partial charge in [0.05, 0.1) is 0 Å². The molecule has 0 bridgehead atoms. The molecule has 0 fully saturated rings. The van der Waals surface area contributed by atoms with Gasteiger partial charge in [0.25, 0.3) is 0 Å². The first-order valence-corrected chi connectivity index (χ1v) is 4.58. The summed E-state index contributed by atoms with van der Waals surface area (Å²) >= 11 is 0. The van der Waals surface area contributed by atoms with Gasteiger partial charge in [-0.25, -0.2) is 0 Å². The highest BCUT2D eigenvalue weighted by Gasteiger charge is 2.04. The minimum Gasteiger partial charge on any atom is -0.0885 e. The van der Waals surface area contributed by atoms with Crippen molar-refractivity contribution in [3.8, 4) is 0 Å². The Hall–Kier alpha value is -0.260. The van der Waals surface area contributed by atoms with E-state index in [4.69, 9.17) is 0 Å². The standard InChI is InChI=1S/C10H18/c1-2-10-8-6-4-3-5-7-9-10/h4,6,10H,2-3,5,7-9H2,1H3. The molecular weight excluding hydrogens is 120 g/mol. The molecule has 0 saturated heterocycles. The van der Waals surface area contributed by atoms with Crippen LogP contribution < -0.4 is 0 Å². The first-order chi connectivity index (χ1) is 4.93. The van der Waals surface area contributed by atoms with E-state index in [0.29, 0.717) is 0 Å². The average Bonchev–Trinajstić information content (AvgIpc) is 1.87. The summed E-state index contributed by atoms with van der Waals surface area (Å²) in [5.74, 6) is 0.983. The zero-order chi connectivity index (χ0) is 7.23. The van der Waals surface area contributed by atoms with E-state index in [2.05, 4.69) is 19.1 Å². The van der Waals surface area contributed by atoms with E-state index in [-0.39, 0.29) is 0 Å². The molecule has 0 N–H and O–H groups in total. The summed E-state index contributed by atoms with van der Waals surface area (Å²) in [7, 11) is 0. The van der Waals surface area contributed by atoms with Crippen LogP contribution in [0.25, 0.3) is 0 Å². The Balaban J connectivity index is 2.30. The summed E-state index contributed by atoms with van der Waals surface area (Å²) in [6.45, 7) is 2.31. The van der Waals surface area contributed by atoms with E-state index in [1.807, 2.05) is 0 Å². The lowest BCUT2D eigenvalue weighted by Crippen LogP contribution is -1.98. The van der Waals surface area contributed by atoms with Gasteiger partial charge in [0.2, 0.25) is 0 Å². The van der Waals surface area contributed by atoms with Crippen molar-refractivity contribution in [1.29, 1.82) is 0 Å². The minimum absolute atomic E-state index is 0.983. The van der Waals surface area contributed by atoms with Crippen molar-refractivity contribution in [1.82, 2.24) is 0 Å². The van der Waals surface area contributed by atoms with Gasteiger partial charge in [-0.05, 0) is 25.2 Å². The molecule has 0 heteroatoms. The molecule has 0 saturated carbocycles. The molecule has 1 unspecified atom stereocenters. The van der Waals surface area contributed by atoms with Crippen LogP contribution in [0.5, 0.6) is 0 Å². The zero-order valence-corrected chi connectivity index (χ0v) is 6.97. The Morgan fingerprint density at radius 1 is 1.30 bits per heavy atom. The van der Waals surface area contributed by atoms with Gasteiger partial charge < -0.3 is 0 Å². The summed E-state index contributed by atoms with van der Waals surface area (Å²) in [4.78, 5) is 0. The molecular formula is C10H18. The van der Waals surface area contributed by atoms with E-state index in [9.17, 15) is 0 Å². The van der Waals surface area contributed by atoms with E-state index < -0.39 is 0 Å². The van der Waals surface area contributed by atoms with Gasteiger partial charge in [-0.15, -0.1) is 0 Å². The molecule has 0 amide bonds. The van der Waals surface area contributed by atoms with Crippen LogP contribution in [0.1, 0.15) is 45.4 Å². The average molecular weight is 138 g/mol. The third-order valence-electron chi connectivity index (χ3n) is 2.45. The van der Waals surface area contributed by atoms with Gasteiger partial charge in [-0.3, -0.25) is 0 Å². The second-order valence-corrected chi connectivity index (χ2v) is 3.27. The maximum absolute atomic E-state index is 2.37. The van der Waals surface area contributed by atoms with Gasteiger partial charge >= 0.3 is 0 Å². The van der Waals surface area contributed by atoms with Crippen LogP contribution in [-0.4, -0.2) is 0 Å². The Morgan fingerprint density at radius 3 is 3.00 bits per heavy atom. The maximum Gasteiger partial charge on any atom is -0.0322 e. The molecule has 10 heavy (non-hydrogen) atoms. The van der Waals surface area contributed by atoms with Gasteiger partial charge in [-0.2, -0.15) is 0 Å². The first-order valence-electron chi connectivity index (χ1n) is 4.58. The van der Waals surface area contributed by atoms with Crippen LogP contribution in [0.2, 0.25) is 0 Å². The van der Waals surface area contributed by atoms with Gasteiger partial charge in [0.1, 0.15) is 0 Å². The highest BCUT2D eigenvalue weighted by molar-refractivity contribution is 4.85. The van der Waals surface area contributed by atoms with Gasteiger partial charge in [0.15, 0.2) is 0 Å². The minimum atomic E-state index is 0.983. The Kier molecular flexibility index (Phi) is 3.56. The van der Waals surface area contributed by atoms with E-state index in [0.717, 1.165) is 5.92 Å². The monoisotopic (exact) mass is 138 g/mol. The van der Waals surface area contributed by atoms with Crippen molar-refractivity contribution in [2.75, 3.05) is 0 Å². The molecule has 0 heterocycles. The van der Waals surface area contributed by atoms with Gasteiger partial charge in [-0.1, -0.05) is 38.3 Å².